The first-order valence-electron chi connectivity index (χ1n) is 14.4. The monoisotopic (exact) mass is 699 g/mol. The molecule has 1 aliphatic heterocycles. The molecule has 228 valence electrons. The summed E-state index contributed by atoms with van der Waals surface area (Å²) < 4.78 is 8.88. The Morgan fingerprint density at radius 3 is 2.51 bits per heavy atom. The van der Waals surface area contributed by atoms with Crippen LogP contribution in [0.5, 0.6) is 5.75 Å². The Bertz CT molecular complexity index is 1890. The van der Waals surface area contributed by atoms with E-state index in [9.17, 15) is 4.79 Å². The number of thioether (sulfide) groups is 1. The van der Waals surface area contributed by atoms with Crippen LogP contribution in [0.4, 0.5) is 11.6 Å². The Morgan fingerprint density at radius 2 is 1.76 bits per heavy atom. The molecule has 45 heavy (non-hydrogen) atoms. The molecule has 2 heterocycles. The van der Waals surface area contributed by atoms with Gasteiger partial charge in [0.15, 0.2) is 0 Å². The standard InChI is InChI=1S/C35H31BrClN5O2S/c1-21-7-6-10-30(22(21)2)39-33(43)31-23(3)38-34-40-35(45-20-26-8-4-5-9-29(26)37)41-42(34)32(31)25-13-17-28(18-14-25)44-19-24-11-15-27(36)16-12-24/h4-18,32H,19-20H2,1-3H3,(H,39,43)(H,38,40,41). The quantitative estimate of drug-likeness (QED) is 0.149. The lowest BCUT2D eigenvalue weighted by molar-refractivity contribution is -0.113. The van der Waals surface area contributed by atoms with Gasteiger partial charge in [-0.25, -0.2) is 4.68 Å². The molecule has 0 saturated carbocycles. The Balaban J connectivity index is 1.30. The van der Waals surface area contributed by atoms with Gasteiger partial charge in [0.1, 0.15) is 18.4 Å². The van der Waals surface area contributed by atoms with Crippen LogP contribution in [-0.4, -0.2) is 20.7 Å². The van der Waals surface area contributed by atoms with Crippen LogP contribution in [0, 0.1) is 13.8 Å². The first kappa shape index (κ1) is 31.0. The molecule has 1 unspecified atom stereocenters. The van der Waals surface area contributed by atoms with E-state index in [4.69, 9.17) is 26.4 Å². The number of allylic oxidation sites excluding steroid dienone is 1. The summed E-state index contributed by atoms with van der Waals surface area (Å²) in [6.45, 7) is 6.38. The van der Waals surface area contributed by atoms with Crippen LogP contribution in [-0.2, 0) is 17.2 Å². The van der Waals surface area contributed by atoms with E-state index in [1.807, 2.05) is 112 Å². The highest BCUT2D eigenvalue weighted by molar-refractivity contribution is 9.10. The summed E-state index contributed by atoms with van der Waals surface area (Å²) in [5.41, 5.74) is 7.12. The Labute approximate surface area is 280 Å². The minimum absolute atomic E-state index is 0.208. The molecule has 0 aliphatic carbocycles. The number of halogens is 2. The van der Waals surface area contributed by atoms with Gasteiger partial charge in [0.05, 0.1) is 5.57 Å². The number of nitrogens with one attached hydrogen (secondary N) is 2. The fourth-order valence-electron chi connectivity index (χ4n) is 5.12. The number of aromatic nitrogens is 3. The SMILES string of the molecule is CC1=C(C(=O)Nc2cccc(C)c2C)C(c2ccc(OCc3ccc(Br)cc3)cc2)n2nc(SCc3ccccc3Cl)nc2N1. The molecular weight excluding hydrogens is 670 g/mol. The smallest absolute Gasteiger partial charge is 0.255 e. The van der Waals surface area contributed by atoms with Crippen molar-refractivity contribution in [3.8, 4) is 5.75 Å². The topological polar surface area (TPSA) is 81.1 Å². The van der Waals surface area contributed by atoms with E-state index in [0.29, 0.717) is 39.8 Å². The van der Waals surface area contributed by atoms with E-state index in [1.165, 1.54) is 11.8 Å². The van der Waals surface area contributed by atoms with Gasteiger partial charge in [-0.05, 0) is 85.0 Å². The molecule has 4 aromatic carbocycles. The minimum Gasteiger partial charge on any atom is -0.489 e. The first-order valence-corrected chi connectivity index (χ1v) is 16.6. The van der Waals surface area contributed by atoms with Crippen molar-refractivity contribution < 1.29 is 9.53 Å². The van der Waals surface area contributed by atoms with Gasteiger partial charge < -0.3 is 15.4 Å². The molecule has 6 rings (SSSR count). The predicted molar refractivity (Wildman–Crippen MR) is 185 cm³/mol. The number of fused-ring (bicyclic) bond motifs is 1. The highest BCUT2D eigenvalue weighted by Gasteiger charge is 2.34. The van der Waals surface area contributed by atoms with E-state index in [0.717, 1.165) is 43.7 Å². The van der Waals surface area contributed by atoms with Crippen molar-refractivity contribution in [2.75, 3.05) is 10.6 Å². The number of nitrogens with zero attached hydrogens (tertiary/aromatic N) is 3. The molecule has 7 nitrogen and oxygen atoms in total. The summed E-state index contributed by atoms with van der Waals surface area (Å²) in [5.74, 6) is 1.70. The molecule has 1 atom stereocenters. The summed E-state index contributed by atoms with van der Waals surface area (Å²) in [6, 6.07) is 29.0. The number of aryl methyl sites for hydroxylation is 1. The number of ether oxygens (including phenoxy) is 1. The normalized spacial score (nSPS) is 14.1. The summed E-state index contributed by atoms with van der Waals surface area (Å²) in [7, 11) is 0. The van der Waals surface area contributed by atoms with Gasteiger partial charge in [0.2, 0.25) is 11.1 Å². The van der Waals surface area contributed by atoms with Gasteiger partial charge in [-0.3, -0.25) is 4.79 Å². The largest absolute Gasteiger partial charge is 0.489 e. The van der Waals surface area contributed by atoms with Crippen molar-refractivity contribution in [2.45, 2.75) is 44.3 Å². The Morgan fingerprint density at radius 1 is 1.00 bits per heavy atom. The predicted octanol–water partition coefficient (Wildman–Crippen LogP) is 9.11. The molecule has 1 amide bonds. The van der Waals surface area contributed by atoms with E-state index in [-0.39, 0.29) is 5.91 Å². The van der Waals surface area contributed by atoms with E-state index < -0.39 is 6.04 Å². The lowest BCUT2D eigenvalue weighted by Gasteiger charge is -2.29. The number of carbonyl (C=O) groups excluding carboxylic acids is 1. The van der Waals surface area contributed by atoms with Gasteiger partial charge in [-0.2, -0.15) is 4.98 Å². The summed E-state index contributed by atoms with van der Waals surface area (Å²) in [6.07, 6.45) is 0. The molecule has 1 aromatic heterocycles. The Kier molecular flexibility index (Phi) is 9.30. The third-order valence-corrected chi connectivity index (χ3v) is 9.54. The number of hydrogen-bond donors (Lipinski definition) is 2. The third-order valence-electron chi connectivity index (χ3n) is 7.76. The van der Waals surface area contributed by atoms with Crippen LogP contribution in [0.3, 0.4) is 0 Å². The van der Waals surface area contributed by atoms with Crippen LogP contribution in [0.1, 0.15) is 40.8 Å². The van der Waals surface area contributed by atoms with E-state index in [2.05, 4.69) is 26.6 Å². The maximum atomic E-state index is 14.0. The number of carbonyl (C=O) groups is 1. The van der Waals surface area contributed by atoms with Crippen LogP contribution < -0.4 is 15.4 Å². The average Bonchev–Trinajstić information content (AvgIpc) is 3.44. The van der Waals surface area contributed by atoms with Crippen LogP contribution in [0.25, 0.3) is 0 Å². The summed E-state index contributed by atoms with van der Waals surface area (Å²) >= 11 is 11.4. The van der Waals surface area contributed by atoms with Gasteiger partial charge in [-0.15, -0.1) is 5.10 Å². The maximum absolute atomic E-state index is 14.0. The van der Waals surface area contributed by atoms with Gasteiger partial charge in [-0.1, -0.05) is 93.9 Å². The number of amides is 1. The number of rotatable bonds is 9. The van der Waals surface area contributed by atoms with Gasteiger partial charge in [0, 0.05) is 26.6 Å². The maximum Gasteiger partial charge on any atom is 0.255 e. The fourth-order valence-corrected chi connectivity index (χ4v) is 6.50. The highest BCUT2D eigenvalue weighted by atomic mass is 79.9. The molecular formula is C35H31BrClN5O2S. The zero-order chi connectivity index (χ0) is 31.5. The molecule has 0 fully saturated rings. The van der Waals surface area contributed by atoms with E-state index >= 15 is 0 Å². The van der Waals surface area contributed by atoms with Crippen LogP contribution >= 0.6 is 39.3 Å². The van der Waals surface area contributed by atoms with Crippen molar-refractivity contribution in [3.05, 3.63) is 140 Å². The molecule has 0 radical (unpaired) electrons. The molecule has 0 spiro atoms. The van der Waals surface area contributed by atoms with Crippen molar-refractivity contribution in [2.24, 2.45) is 0 Å². The van der Waals surface area contributed by atoms with Crippen molar-refractivity contribution in [1.29, 1.82) is 0 Å². The molecule has 5 aromatic rings. The molecule has 0 saturated heterocycles. The fraction of sp³-hybridized carbons (Fsp3) is 0.171. The third kappa shape index (κ3) is 6.96. The van der Waals surface area contributed by atoms with E-state index in [1.54, 1.807) is 4.68 Å². The Hall–Kier alpha value is -4.05. The van der Waals surface area contributed by atoms with Gasteiger partial charge >= 0.3 is 0 Å². The van der Waals surface area contributed by atoms with Gasteiger partial charge in [0.25, 0.3) is 5.91 Å². The molecule has 2 N–H and O–H groups in total. The second-order valence-corrected chi connectivity index (χ2v) is 13.1. The molecule has 10 heteroatoms. The van der Waals surface area contributed by atoms with Crippen LogP contribution in [0.2, 0.25) is 5.02 Å². The number of hydrogen-bond acceptors (Lipinski definition) is 6. The second kappa shape index (κ2) is 13.5. The zero-order valence-electron chi connectivity index (χ0n) is 25.0. The second-order valence-electron chi connectivity index (χ2n) is 10.8. The average molecular weight is 701 g/mol. The van der Waals surface area contributed by atoms with Crippen molar-refractivity contribution >= 4 is 56.8 Å². The lowest BCUT2D eigenvalue weighted by atomic mass is 9.94. The van der Waals surface area contributed by atoms with Crippen molar-refractivity contribution in [3.63, 3.8) is 0 Å². The minimum atomic E-state index is -0.519. The summed E-state index contributed by atoms with van der Waals surface area (Å²) in [5, 5.41) is 12.6. The lowest BCUT2D eigenvalue weighted by Crippen LogP contribution is -2.31. The molecule has 1 aliphatic rings. The van der Waals surface area contributed by atoms with Crippen LogP contribution in [0.15, 0.2) is 112 Å². The summed E-state index contributed by atoms with van der Waals surface area (Å²) in [4.78, 5) is 18.8. The number of anilines is 2. The number of benzene rings is 4. The zero-order valence-corrected chi connectivity index (χ0v) is 28.1. The molecule has 0 bridgehead atoms. The highest BCUT2D eigenvalue weighted by Crippen LogP contribution is 2.38. The first-order chi connectivity index (χ1) is 21.8. The van der Waals surface area contributed by atoms with Crippen molar-refractivity contribution in [1.82, 2.24) is 14.8 Å².